The number of rotatable bonds is 3. The second-order valence-corrected chi connectivity index (χ2v) is 5.09. The van der Waals surface area contributed by atoms with E-state index in [1.165, 1.54) is 36.3 Å². The second kappa shape index (κ2) is 6.43. The number of nitrogens with one attached hydrogen (secondary N) is 1. The zero-order valence-corrected chi connectivity index (χ0v) is 11.9. The molecule has 5 nitrogen and oxygen atoms in total. The van der Waals surface area contributed by atoms with E-state index in [-0.39, 0.29) is 18.7 Å². The molecule has 2 rings (SSSR count). The first-order valence-electron chi connectivity index (χ1n) is 6.75. The van der Waals surface area contributed by atoms with Crippen LogP contribution in [0.4, 0.5) is 18.0 Å². The lowest BCUT2D eigenvalue weighted by Gasteiger charge is -2.25. The summed E-state index contributed by atoms with van der Waals surface area (Å²) in [6.45, 7) is 0.277. The van der Waals surface area contributed by atoms with Crippen molar-refractivity contribution in [1.82, 2.24) is 10.2 Å². The number of methoxy groups -OCH3 is 1. The van der Waals surface area contributed by atoms with Crippen LogP contribution in [0.5, 0.6) is 5.75 Å². The molecule has 8 heteroatoms. The summed E-state index contributed by atoms with van der Waals surface area (Å²) in [5.74, 6) is 0.429. The van der Waals surface area contributed by atoms with Crippen molar-refractivity contribution >= 4 is 6.03 Å². The van der Waals surface area contributed by atoms with Gasteiger partial charge in [-0.05, 0) is 24.1 Å². The standard InChI is InChI=1S/C14H17F3N2O3/c1-22-11-4-2-9(3-5-11)12(14(15,16)17)18-13(21)19-7-6-10(20)8-19/h2-5,10,12,20H,6-8H2,1H3,(H,18,21)/t10-,12?/m0/s1. The number of urea groups is 1. The van der Waals surface area contributed by atoms with E-state index in [0.29, 0.717) is 12.2 Å². The van der Waals surface area contributed by atoms with E-state index >= 15 is 0 Å². The third kappa shape index (κ3) is 3.82. The average Bonchev–Trinajstić information content (AvgIpc) is 2.90. The van der Waals surface area contributed by atoms with Crippen LogP contribution < -0.4 is 10.1 Å². The number of likely N-dealkylation sites (tertiary alicyclic amines) is 1. The van der Waals surface area contributed by atoms with E-state index in [1.54, 1.807) is 0 Å². The predicted molar refractivity (Wildman–Crippen MR) is 72.5 cm³/mol. The molecule has 2 atom stereocenters. The zero-order chi connectivity index (χ0) is 16.3. The number of amides is 2. The third-order valence-electron chi connectivity index (χ3n) is 3.49. The maximum absolute atomic E-state index is 13.2. The van der Waals surface area contributed by atoms with Gasteiger partial charge in [0, 0.05) is 13.1 Å². The predicted octanol–water partition coefficient (Wildman–Crippen LogP) is 2.07. The zero-order valence-electron chi connectivity index (χ0n) is 11.9. The van der Waals surface area contributed by atoms with E-state index in [4.69, 9.17) is 4.74 Å². The fourth-order valence-electron chi connectivity index (χ4n) is 2.29. The maximum atomic E-state index is 13.2. The minimum atomic E-state index is -4.62. The number of halogens is 3. The Balaban J connectivity index is 2.14. The molecule has 0 saturated carbocycles. The molecule has 122 valence electrons. The van der Waals surface area contributed by atoms with Crippen LogP contribution in [0.2, 0.25) is 0 Å². The first-order chi connectivity index (χ1) is 10.3. The number of nitrogens with zero attached hydrogens (tertiary/aromatic N) is 1. The Labute approximate surface area is 125 Å². The number of benzene rings is 1. The molecular weight excluding hydrogens is 301 g/mol. The summed E-state index contributed by atoms with van der Waals surface area (Å²) in [7, 11) is 1.41. The first-order valence-corrected chi connectivity index (χ1v) is 6.75. The van der Waals surface area contributed by atoms with Crippen molar-refractivity contribution < 1.29 is 27.8 Å². The van der Waals surface area contributed by atoms with Crippen LogP contribution >= 0.6 is 0 Å². The van der Waals surface area contributed by atoms with Crippen molar-refractivity contribution in [2.24, 2.45) is 0 Å². The van der Waals surface area contributed by atoms with Crippen molar-refractivity contribution in [2.45, 2.75) is 24.7 Å². The van der Waals surface area contributed by atoms with Gasteiger partial charge in [0.25, 0.3) is 0 Å². The molecule has 0 bridgehead atoms. The Morgan fingerprint density at radius 2 is 2.05 bits per heavy atom. The molecule has 1 aliphatic heterocycles. The summed E-state index contributed by atoms with van der Waals surface area (Å²) < 4.78 is 44.5. The van der Waals surface area contributed by atoms with Crippen molar-refractivity contribution in [3.8, 4) is 5.75 Å². The van der Waals surface area contributed by atoms with Crippen LogP contribution in [0.15, 0.2) is 24.3 Å². The molecule has 0 spiro atoms. The van der Waals surface area contributed by atoms with Gasteiger partial charge in [0.1, 0.15) is 5.75 Å². The van der Waals surface area contributed by atoms with Gasteiger partial charge in [-0.15, -0.1) is 0 Å². The van der Waals surface area contributed by atoms with E-state index in [0.717, 1.165) is 0 Å². The summed E-state index contributed by atoms with van der Waals surface area (Å²) in [5.41, 5.74) is -0.0820. The molecule has 1 fully saturated rings. The molecule has 1 aliphatic rings. The van der Waals surface area contributed by atoms with E-state index in [1.807, 2.05) is 5.32 Å². The maximum Gasteiger partial charge on any atom is 0.412 e. The number of aliphatic hydroxyl groups excluding tert-OH is 1. The topological polar surface area (TPSA) is 61.8 Å². The first kappa shape index (κ1) is 16.4. The molecule has 2 amide bonds. The highest BCUT2D eigenvalue weighted by atomic mass is 19.4. The van der Waals surface area contributed by atoms with E-state index in [9.17, 15) is 23.1 Å². The van der Waals surface area contributed by atoms with Crippen molar-refractivity contribution in [3.05, 3.63) is 29.8 Å². The Bertz CT molecular complexity index is 519. The lowest BCUT2D eigenvalue weighted by Crippen LogP contribution is -2.45. The number of alkyl halides is 3. The SMILES string of the molecule is COc1ccc(C(NC(=O)N2CC[C@H](O)C2)C(F)(F)F)cc1. The smallest absolute Gasteiger partial charge is 0.412 e. The quantitative estimate of drug-likeness (QED) is 0.897. The third-order valence-corrected chi connectivity index (χ3v) is 3.49. The van der Waals surface area contributed by atoms with Gasteiger partial charge in [-0.3, -0.25) is 0 Å². The minimum Gasteiger partial charge on any atom is -0.497 e. The Hall–Kier alpha value is -1.96. The van der Waals surface area contributed by atoms with Crippen LogP contribution in [0.3, 0.4) is 0 Å². The fourth-order valence-corrected chi connectivity index (χ4v) is 2.29. The second-order valence-electron chi connectivity index (χ2n) is 5.09. The minimum absolute atomic E-state index is 0.0407. The van der Waals surface area contributed by atoms with Gasteiger partial charge in [-0.2, -0.15) is 13.2 Å². The van der Waals surface area contributed by atoms with Gasteiger partial charge in [-0.25, -0.2) is 4.79 Å². The molecule has 1 aromatic rings. The molecule has 22 heavy (non-hydrogen) atoms. The Kier molecular flexibility index (Phi) is 4.80. The molecule has 1 aromatic carbocycles. The van der Waals surface area contributed by atoms with Crippen molar-refractivity contribution in [3.63, 3.8) is 0 Å². The highest BCUT2D eigenvalue weighted by Gasteiger charge is 2.43. The van der Waals surface area contributed by atoms with Crippen molar-refractivity contribution in [1.29, 1.82) is 0 Å². The van der Waals surface area contributed by atoms with Crippen LogP contribution in [-0.4, -0.2) is 48.5 Å². The fraction of sp³-hybridized carbons (Fsp3) is 0.500. The number of carbonyl (C=O) groups excluding carboxylic acids is 1. The molecule has 0 aliphatic carbocycles. The lowest BCUT2D eigenvalue weighted by atomic mass is 10.1. The van der Waals surface area contributed by atoms with Gasteiger partial charge in [-0.1, -0.05) is 12.1 Å². The van der Waals surface area contributed by atoms with Gasteiger partial charge < -0.3 is 20.1 Å². The molecule has 0 aromatic heterocycles. The van der Waals surface area contributed by atoms with E-state index in [2.05, 4.69) is 0 Å². The largest absolute Gasteiger partial charge is 0.497 e. The van der Waals surface area contributed by atoms with Crippen molar-refractivity contribution in [2.75, 3.05) is 20.2 Å². The number of carbonyl (C=O) groups is 1. The lowest BCUT2D eigenvalue weighted by molar-refractivity contribution is -0.155. The molecule has 2 N–H and O–H groups in total. The van der Waals surface area contributed by atoms with E-state index < -0.39 is 24.4 Å². The normalized spacial score (nSPS) is 19.9. The number of hydrogen-bond donors (Lipinski definition) is 2. The molecular formula is C14H17F3N2O3. The summed E-state index contributed by atoms with van der Waals surface area (Å²) >= 11 is 0. The highest BCUT2D eigenvalue weighted by molar-refractivity contribution is 5.75. The van der Waals surface area contributed by atoms with Gasteiger partial charge in [0.15, 0.2) is 6.04 Å². The number of hydrogen-bond acceptors (Lipinski definition) is 3. The number of ether oxygens (including phenoxy) is 1. The molecule has 1 heterocycles. The van der Waals surface area contributed by atoms with Gasteiger partial charge in [0.2, 0.25) is 0 Å². The molecule has 0 radical (unpaired) electrons. The highest BCUT2D eigenvalue weighted by Crippen LogP contribution is 2.33. The summed E-state index contributed by atoms with van der Waals surface area (Å²) in [4.78, 5) is 13.1. The van der Waals surface area contributed by atoms with Crippen LogP contribution in [-0.2, 0) is 0 Å². The van der Waals surface area contributed by atoms with Crippen LogP contribution in [0, 0.1) is 0 Å². The van der Waals surface area contributed by atoms with Crippen LogP contribution in [0.25, 0.3) is 0 Å². The summed E-state index contributed by atoms with van der Waals surface area (Å²) in [6, 6.07) is 2.38. The summed E-state index contributed by atoms with van der Waals surface area (Å²) in [6.07, 6.45) is -4.94. The Morgan fingerprint density at radius 1 is 1.41 bits per heavy atom. The molecule has 1 unspecified atom stereocenters. The van der Waals surface area contributed by atoms with Gasteiger partial charge >= 0.3 is 12.2 Å². The molecule has 1 saturated heterocycles. The van der Waals surface area contributed by atoms with Crippen LogP contribution in [0.1, 0.15) is 18.0 Å². The van der Waals surface area contributed by atoms with Gasteiger partial charge in [0.05, 0.1) is 13.2 Å². The Morgan fingerprint density at radius 3 is 2.50 bits per heavy atom. The average molecular weight is 318 g/mol. The monoisotopic (exact) mass is 318 g/mol. The number of aliphatic hydroxyl groups is 1. The number of β-amino-alcohol motifs (C(OH)–C–C–N with tert-alkyl or cyclic N) is 1. The summed E-state index contributed by atoms with van der Waals surface area (Å²) in [5, 5.41) is 11.3.